The van der Waals surface area contributed by atoms with Crippen LogP contribution in [0.1, 0.15) is 17.5 Å². The number of nitrogens with zero attached hydrogens (tertiary/aromatic N) is 3. The van der Waals surface area contributed by atoms with E-state index in [0.29, 0.717) is 30.6 Å². The fourth-order valence-electron chi connectivity index (χ4n) is 3.60. The number of benzene rings is 2. The lowest BCUT2D eigenvalue weighted by Gasteiger charge is -2.42. The van der Waals surface area contributed by atoms with Gasteiger partial charge in [0.05, 0.1) is 25.0 Å². The maximum atomic E-state index is 11.7. The van der Waals surface area contributed by atoms with Crippen molar-refractivity contribution in [3.63, 3.8) is 0 Å². The van der Waals surface area contributed by atoms with Crippen molar-refractivity contribution in [2.45, 2.75) is 23.9 Å². The first-order valence-corrected chi connectivity index (χ1v) is 9.70. The summed E-state index contributed by atoms with van der Waals surface area (Å²) in [7, 11) is 0. The minimum Gasteiger partial charge on any atom is -0.481 e. The predicted octanol–water partition coefficient (Wildman–Crippen LogP) is 3.09. The van der Waals surface area contributed by atoms with Crippen LogP contribution >= 0.6 is 28.7 Å². The quantitative estimate of drug-likeness (QED) is 0.709. The van der Waals surface area contributed by atoms with Gasteiger partial charge in [-0.15, -0.1) is 17.0 Å². The molecule has 148 valence electrons. The molecule has 2 aromatic carbocycles. The van der Waals surface area contributed by atoms with Gasteiger partial charge in [-0.1, -0.05) is 72.4 Å². The number of halogens is 1. The van der Waals surface area contributed by atoms with Gasteiger partial charge in [0.15, 0.2) is 10.9 Å². The van der Waals surface area contributed by atoms with Crippen LogP contribution in [-0.2, 0) is 17.1 Å². The van der Waals surface area contributed by atoms with Gasteiger partial charge in [0.2, 0.25) is 0 Å². The van der Waals surface area contributed by atoms with Crippen LogP contribution < -0.4 is 0 Å². The number of rotatable bonds is 5. The molecule has 0 amide bonds. The summed E-state index contributed by atoms with van der Waals surface area (Å²) in [5.74, 6) is -0.927. The number of thioether (sulfide) groups is 1. The first-order valence-electron chi connectivity index (χ1n) is 8.82. The van der Waals surface area contributed by atoms with Crippen LogP contribution in [0.3, 0.4) is 0 Å². The molecular weight excluding hydrogens is 442 g/mol. The molecule has 1 fully saturated rings. The van der Waals surface area contributed by atoms with Gasteiger partial charge < -0.3 is 15.1 Å². The summed E-state index contributed by atoms with van der Waals surface area (Å²) in [5.41, 5.74) is 0.460. The zero-order valence-corrected chi connectivity index (χ0v) is 17.7. The standard InChI is InChI=1S/C20H21N3O3S.BrH/c24-18(25)11-17-20(26,16-9-5-2-6-10-16)23-14-22(13-21-19(23)27-17)12-15-7-3-1-4-8-15;/h1-10,17,26H,11-14H2,(H,24,25);1H. The Hall–Kier alpha value is -1.87. The molecule has 1 saturated heterocycles. The second-order valence-electron chi connectivity index (χ2n) is 6.76. The number of aliphatic hydroxyl groups is 1. The number of carbonyl (C=O) groups is 1. The number of fused-ring (bicyclic) bond motifs is 1. The molecule has 4 rings (SSSR count). The van der Waals surface area contributed by atoms with Crippen LogP contribution in [0, 0.1) is 0 Å². The Balaban J connectivity index is 0.00000225. The molecule has 0 saturated carbocycles. The second-order valence-corrected chi connectivity index (χ2v) is 7.93. The summed E-state index contributed by atoms with van der Waals surface area (Å²) in [6.45, 7) is 1.73. The van der Waals surface area contributed by atoms with Crippen molar-refractivity contribution in [3.05, 3.63) is 71.8 Å². The van der Waals surface area contributed by atoms with Crippen molar-refractivity contribution in [1.82, 2.24) is 9.80 Å². The Labute approximate surface area is 178 Å². The molecule has 2 aliphatic heterocycles. The highest BCUT2D eigenvalue weighted by molar-refractivity contribution is 8.93. The monoisotopic (exact) mass is 463 g/mol. The number of carboxylic acid groups (broad SMARTS) is 1. The number of hydrogen-bond donors (Lipinski definition) is 2. The third kappa shape index (κ3) is 3.96. The van der Waals surface area contributed by atoms with Gasteiger partial charge in [-0.25, -0.2) is 4.99 Å². The van der Waals surface area contributed by atoms with Crippen molar-refractivity contribution in [3.8, 4) is 0 Å². The number of amidine groups is 1. The molecule has 0 aromatic heterocycles. The summed E-state index contributed by atoms with van der Waals surface area (Å²) in [4.78, 5) is 20.0. The molecular formula is C20H22BrN3O3S. The molecule has 28 heavy (non-hydrogen) atoms. The van der Waals surface area contributed by atoms with E-state index in [2.05, 4.69) is 22.0 Å². The summed E-state index contributed by atoms with van der Waals surface area (Å²) in [5, 5.41) is 21.2. The third-order valence-corrected chi connectivity index (χ3v) is 6.23. The van der Waals surface area contributed by atoms with Gasteiger partial charge in [0, 0.05) is 12.1 Å². The molecule has 2 unspecified atom stereocenters. The van der Waals surface area contributed by atoms with Crippen LogP contribution in [-0.4, -0.2) is 49.7 Å². The van der Waals surface area contributed by atoms with Gasteiger partial charge >= 0.3 is 5.97 Å². The Kier molecular flexibility index (Phi) is 6.44. The van der Waals surface area contributed by atoms with E-state index in [9.17, 15) is 15.0 Å². The molecule has 0 bridgehead atoms. The fourth-order valence-corrected chi connectivity index (χ4v) is 4.96. The minimum absolute atomic E-state index is 0. The smallest absolute Gasteiger partial charge is 0.304 e. The van der Waals surface area contributed by atoms with Gasteiger partial charge in [0.1, 0.15) is 0 Å². The van der Waals surface area contributed by atoms with Crippen molar-refractivity contribution in [2.24, 2.45) is 4.99 Å². The maximum absolute atomic E-state index is 11.7. The fraction of sp³-hybridized carbons (Fsp3) is 0.300. The lowest BCUT2D eigenvalue weighted by atomic mass is 9.95. The van der Waals surface area contributed by atoms with Gasteiger partial charge in [0.25, 0.3) is 0 Å². The van der Waals surface area contributed by atoms with E-state index in [0.717, 1.165) is 0 Å². The maximum Gasteiger partial charge on any atom is 0.304 e. The number of aliphatic imine (C=N–C) groups is 1. The molecule has 2 atom stereocenters. The number of carboxylic acids is 1. The van der Waals surface area contributed by atoms with Crippen molar-refractivity contribution < 1.29 is 15.0 Å². The number of hydrogen-bond acceptors (Lipinski definition) is 6. The highest BCUT2D eigenvalue weighted by atomic mass is 79.9. The Morgan fingerprint density at radius 1 is 1.14 bits per heavy atom. The molecule has 0 spiro atoms. The van der Waals surface area contributed by atoms with E-state index in [1.54, 1.807) is 0 Å². The molecule has 6 nitrogen and oxygen atoms in total. The minimum atomic E-state index is -1.40. The summed E-state index contributed by atoms with van der Waals surface area (Å²) in [6.07, 6.45) is -0.135. The molecule has 2 N–H and O–H groups in total. The van der Waals surface area contributed by atoms with Crippen LogP contribution in [0.2, 0.25) is 0 Å². The lowest BCUT2D eigenvalue weighted by Crippen LogP contribution is -2.54. The van der Waals surface area contributed by atoms with Crippen molar-refractivity contribution >= 4 is 39.9 Å². The van der Waals surface area contributed by atoms with Crippen LogP contribution in [0.5, 0.6) is 0 Å². The first-order chi connectivity index (χ1) is 13.1. The summed E-state index contributed by atoms with van der Waals surface area (Å²) in [6, 6.07) is 19.4. The predicted molar refractivity (Wildman–Crippen MR) is 115 cm³/mol. The van der Waals surface area contributed by atoms with E-state index in [-0.39, 0.29) is 23.4 Å². The second kappa shape index (κ2) is 8.65. The van der Waals surface area contributed by atoms with E-state index >= 15 is 0 Å². The topological polar surface area (TPSA) is 76.4 Å². The van der Waals surface area contributed by atoms with Gasteiger partial charge in [-0.05, 0) is 5.56 Å². The van der Waals surface area contributed by atoms with Gasteiger partial charge in [-0.2, -0.15) is 0 Å². The van der Waals surface area contributed by atoms with E-state index in [1.165, 1.54) is 17.3 Å². The summed E-state index contributed by atoms with van der Waals surface area (Å²) >= 11 is 1.35. The van der Waals surface area contributed by atoms with Crippen LogP contribution in [0.25, 0.3) is 0 Å². The molecule has 2 aliphatic rings. The van der Waals surface area contributed by atoms with E-state index < -0.39 is 16.9 Å². The van der Waals surface area contributed by atoms with Crippen molar-refractivity contribution in [2.75, 3.05) is 13.3 Å². The van der Waals surface area contributed by atoms with E-state index in [1.807, 2.05) is 53.4 Å². The lowest BCUT2D eigenvalue weighted by molar-refractivity contribution is -0.141. The van der Waals surface area contributed by atoms with Crippen LogP contribution in [0.4, 0.5) is 0 Å². The highest BCUT2D eigenvalue weighted by Gasteiger charge is 2.54. The highest BCUT2D eigenvalue weighted by Crippen LogP contribution is 2.47. The average molecular weight is 464 g/mol. The first kappa shape index (κ1) is 20.9. The Bertz CT molecular complexity index is 852. The Morgan fingerprint density at radius 3 is 2.43 bits per heavy atom. The normalized spacial score (nSPS) is 24.2. The molecule has 0 aliphatic carbocycles. The van der Waals surface area contributed by atoms with Crippen molar-refractivity contribution in [1.29, 1.82) is 0 Å². The number of aliphatic carboxylic acids is 1. The van der Waals surface area contributed by atoms with E-state index in [4.69, 9.17) is 0 Å². The van der Waals surface area contributed by atoms with Gasteiger partial charge in [-0.3, -0.25) is 9.69 Å². The molecule has 2 heterocycles. The molecule has 8 heteroatoms. The van der Waals surface area contributed by atoms with Crippen LogP contribution in [0.15, 0.2) is 65.7 Å². The third-order valence-electron chi connectivity index (χ3n) is 4.89. The molecule has 2 aromatic rings. The Morgan fingerprint density at radius 2 is 1.79 bits per heavy atom. The largest absolute Gasteiger partial charge is 0.481 e. The average Bonchev–Trinajstić information content (AvgIpc) is 2.95. The zero-order valence-electron chi connectivity index (χ0n) is 15.1. The SMILES string of the molecule is Br.O=C(O)CC1SC2=NCN(Cc3ccccc3)CN2C1(O)c1ccccc1. The zero-order chi connectivity index (χ0) is 18.9. The molecule has 0 radical (unpaired) electrons. The summed E-state index contributed by atoms with van der Waals surface area (Å²) < 4.78 is 0.